The lowest BCUT2D eigenvalue weighted by Gasteiger charge is -1.61. The largest absolute Gasteiger partial charge is 0.432 e. The van der Waals surface area contributed by atoms with E-state index >= 15 is 0 Å². The van der Waals surface area contributed by atoms with Crippen LogP contribution < -0.4 is 0 Å². The summed E-state index contributed by atoms with van der Waals surface area (Å²) in [4.78, 5) is 2.93. The number of hydrogen-bond acceptors (Lipinski definition) is 1. The van der Waals surface area contributed by atoms with E-state index in [0.717, 1.165) is 11.0 Å². The maximum absolute atomic E-state index is 4.94. The summed E-state index contributed by atoms with van der Waals surface area (Å²) in [6, 6.07) is 5.78. The quantitative estimate of drug-likeness (QED) is 0.540. The Morgan fingerprint density at radius 3 is 3.38 bits per heavy atom. The van der Waals surface area contributed by atoms with E-state index in [4.69, 9.17) is 4.42 Å². The normalized spacial score (nSPS) is 10.5. The van der Waals surface area contributed by atoms with Crippen molar-refractivity contribution in [2.75, 3.05) is 0 Å². The first kappa shape index (κ1) is 3.78. The molecule has 2 aliphatic heterocycles. The molecule has 0 atom stereocenters. The Bertz CT molecular complexity index is 290. The highest BCUT2D eigenvalue weighted by Crippen LogP contribution is 1.99. The van der Waals surface area contributed by atoms with Gasteiger partial charge in [0.15, 0.2) is 5.42 Å². The second-order valence-corrected chi connectivity index (χ2v) is 1.66. The second-order valence-electron chi connectivity index (χ2n) is 1.66. The van der Waals surface area contributed by atoms with E-state index < -0.39 is 0 Å². The summed E-state index contributed by atoms with van der Waals surface area (Å²) in [5, 5.41) is 0. The minimum Gasteiger partial charge on any atom is -0.432 e. The minimum absolute atomic E-state index is 0.884. The van der Waals surface area contributed by atoms with Crippen LogP contribution in [0, 0.1) is 11.0 Å². The van der Waals surface area contributed by atoms with Crippen molar-refractivity contribution in [1.82, 2.24) is 4.98 Å². The van der Waals surface area contributed by atoms with Gasteiger partial charge in [0.1, 0.15) is 0 Å². The number of aromatic amines is 1. The van der Waals surface area contributed by atoms with E-state index in [-0.39, 0.29) is 0 Å². The second kappa shape index (κ2) is 1.15. The van der Waals surface area contributed by atoms with Crippen LogP contribution in [0.1, 0.15) is 0 Å². The van der Waals surface area contributed by atoms with Crippen LogP contribution in [0.15, 0.2) is 28.8 Å². The van der Waals surface area contributed by atoms with Crippen LogP contribution in [0.4, 0.5) is 0 Å². The minimum atomic E-state index is 0.884. The smallest absolute Gasteiger partial charge is 0.241 e. The molecular formula is C6H5NO. The molecule has 0 amide bonds. The lowest BCUT2D eigenvalue weighted by Crippen LogP contribution is -1.51. The van der Waals surface area contributed by atoms with Crippen molar-refractivity contribution >= 4 is 0 Å². The van der Waals surface area contributed by atoms with Gasteiger partial charge in [-0.05, 0) is 12.1 Å². The fourth-order valence-corrected chi connectivity index (χ4v) is 0.617. The lowest BCUT2D eigenvalue weighted by atomic mass is 10.6. The van der Waals surface area contributed by atoms with Crippen LogP contribution in [0.3, 0.4) is 0 Å². The monoisotopic (exact) mass is 107 g/mol. The summed E-state index contributed by atoms with van der Waals surface area (Å²) < 4.78 is 4.94. The Hall–Kier alpha value is -1.18. The molecule has 0 fully saturated rings. The first-order valence-electron chi connectivity index (χ1n) is 2.49. The molecule has 0 unspecified atom stereocenters. The summed E-state index contributed by atoms with van der Waals surface area (Å²) in [5.74, 6) is 0. The van der Waals surface area contributed by atoms with Gasteiger partial charge in [0, 0.05) is 6.20 Å². The number of hydrogen-bond donors (Lipinski definition) is 1. The molecule has 8 heavy (non-hydrogen) atoms. The Labute approximate surface area is 45.8 Å². The van der Waals surface area contributed by atoms with Crippen molar-refractivity contribution in [3.05, 3.63) is 35.4 Å². The van der Waals surface area contributed by atoms with Crippen LogP contribution in [0.25, 0.3) is 0 Å². The molecule has 2 heterocycles. The maximum Gasteiger partial charge on any atom is 0.241 e. The molecule has 0 aromatic carbocycles. The first-order valence-corrected chi connectivity index (χ1v) is 2.49. The molecule has 2 heteroatoms. The Morgan fingerprint density at radius 2 is 2.38 bits per heavy atom. The molecule has 0 radical (unpaired) electrons. The predicted molar refractivity (Wildman–Crippen MR) is 28.4 cm³/mol. The van der Waals surface area contributed by atoms with Crippen molar-refractivity contribution in [3.63, 3.8) is 0 Å². The topological polar surface area (TPSA) is 28.9 Å². The molecule has 0 bridgehead atoms. The summed E-state index contributed by atoms with van der Waals surface area (Å²) in [6.45, 7) is 0. The highest BCUT2D eigenvalue weighted by molar-refractivity contribution is 4.94. The highest BCUT2D eigenvalue weighted by atomic mass is 16.4. The summed E-state index contributed by atoms with van der Waals surface area (Å²) in [7, 11) is 0. The van der Waals surface area contributed by atoms with E-state index in [0.29, 0.717) is 0 Å². The first-order chi connectivity index (χ1) is 3.97. The fraction of sp³-hybridized carbons (Fsp3) is 0. The molecule has 2 aliphatic rings. The predicted octanol–water partition coefficient (Wildman–Crippen LogP) is 1.33. The van der Waals surface area contributed by atoms with Gasteiger partial charge in [-0.15, -0.1) is 0 Å². The lowest BCUT2D eigenvalue weighted by molar-refractivity contribution is 0.624. The number of nitrogens with one attached hydrogen (secondary N) is 1. The van der Waals surface area contributed by atoms with E-state index in [1.54, 1.807) is 0 Å². The third-order valence-electron chi connectivity index (χ3n) is 1.06. The standard InChI is InChI=1S/C6H5NO/c1-2-4-7-6-5(3-1)8-6/h1-4,7H. The van der Waals surface area contributed by atoms with Gasteiger partial charge < -0.3 is 9.40 Å². The molecule has 0 aromatic heterocycles. The molecular weight excluding hydrogens is 102 g/mol. The van der Waals surface area contributed by atoms with Crippen molar-refractivity contribution in [2.45, 2.75) is 0 Å². The summed E-state index contributed by atoms with van der Waals surface area (Å²) in [6.07, 6.45) is 1.84. The zero-order valence-corrected chi connectivity index (χ0v) is 4.22. The van der Waals surface area contributed by atoms with Crippen molar-refractivity contribution in [3.8, 4) is 0 Å². The van der Waals surface area contributed by atoms with Gasteiger partial charge >= 0.3 is 0 Å². The fourth-order valence-electron chi connectivity index (χ4n) is 0.617. The number of H-pyrrole nitrogens is 1. The van der Waals surface area contributed by atoms with Gasteiger partial charge in [0.2, 0.25) is 5.55 Å². The molecule has 0 aliphatic carbocycles. The Morgan fingerprint density at radius 1 is 1.38 bits per heavy atom. The van der Waals surface area contributed by atoms with E-state index in [1.165, 1.54) is 0 Å². The van der Waals surface area contributed by atoms with Gasteiger partial charge in [-0.2, -0.15) is 0 Å². The van der Waals surface area contributed by atoms with E-state index in [9.17, 15) is 0 Å². The van der Waals surface area contributed by atoms with Gasteiger partial charge in [0.25, 0.3) is 0 Å². The third kappa shape index (κ3) is 0.428. The maximum atomic E-state index is 4.94. The highest BCUT2D eigenvalue weighted by Gasteiger charge is 1.92. The average molecular weight is 107 g/mol. The van der Waals surface area contributed by atoms with Crippen LogP contribution >= 0.6 is 0 Å². The van der Waals surface area contributed by atoms with Crippen molar-refractivity contribution in [2.24, 2.45) is 0 Å². The Balaban J connectivity index is 2.93. The van der Waals surface area contributed by atoms with Gasteiger partial charge in [-0.3, -0.25) is 0 Å². The van der Waals surface area contributed by atoms with Gasteiger partial charge in [-0.1, -0.05) is 6.07 Å². The molecule has 40 valence electrons. The number of rotatable bonds is 0. The van der Waals surface area contributed by atoms with Crippen LogP contribution in [-0.4, -0.2) is 4.98 Å². The molecule has 0 spiro atoms. The van der Waals surface area contributed by atoms with E-state index in [2.05, 4.69) is 4.98 Å². The molecule has 0 saturated heterocycles. The van der Waals surface area contributed by atoms with Crippen LogP contribution in [0.2, 0.25) is 0 Å². The van der Waals surface area contributed by atoms with Crippen molar-refractivity contribution < 1.29 is 4.42 Å². The zero-order chi connectivity index (χ0) is 5.40. The summed E-state index contributed by atoms with van der Waals surface area (Å²) in [5.41, 5.74) is 1.84. The number of aromatic nitrogens is 1. The Kier molecular flexibility index (Phi) is 0.545. The third-order valence-corrected chi connectivity index (χ3v) is 1.06. The molecule has 1 N–H and O–H groups in total. The zero-order valence-electron chi connectivity index (χ0n) is 4.22. The molecule has 0 saturated carbocycles. The van der Waals surface area contributed by atoms with Crippen LogP contribution in [-0.2, 0) is 0 Å². The molecule has 0 aromatic rings. The van der Waals surface area contributed by atoms with Gasteiger partial charge in [-0.25, -0.2) is 0 Å². The molecule has 2 rings (SSSR count). The SMILES string of the molecule is c1ccc2oc=2[nH]c1. The van der Waals surface area contributed by atoms with Crippen molar-refractivity contribution in [1.29, 1.82) is 0 Å². The van der Waals surface area contributed by atoms with Gasteiger partial charge in [0.05, 0.1) is 0 Å². The van der Waals surface area contributed by atoms with Crippen LogP contribution in [0.5, 0.6) is 0 Å². The summed E-state index contributed by atoms with van der Waals surface area (Å²) >= 11 is 0. The average Bonchev–Trinajstić information content (AvgIpc) is 2.36. The van der Waals surface area contributed by atoms with E-state index in [1.807, 2.05) is 24.4 Å². The molecule has 2 nitrogen and oxygen atoms in total.